The Morgan fingerprint density at radius 2 is 0.712 bits per heavy atom. The lowest BCUT2D eigenvalue weighted by Crippen LogP contribution is -2.29. The molecule has 0 unspecified atom stereocenters. The molecule has 12 nitrogen and oxygen atoms in total. The van der Waals surface area contributed by atoms with Gasteiger partial charge in [0.2, 0.25) is 0 Å². The summed E-state index contributed by atoms with van der Waals surface area (Å²) in [5, 5.41) is 0. The van der Waals surface area contributed by atoms with Gasteiger partial charge in [0.05, 0.1) is 50.1 Å². The molecule has 0 amide bonds. The average Bonchev–Trinajstić information content (AvgIpc) is 3.17. The number of esters is 6. The smallest absolute Gasteiger partial charge is 0.330 e. The molecule has 0 spiro atoms. The molecule has 3 rings (SSSR count). The van der Waals surface area contributed by atoms with E-state index in [2.05, 4.69) is 13.2 Å². The van der Waals surface area contributed by atoms with Gasteiger partial charge in [-0.25, -0.2) is 9.59 Å². The molecule has 286 valence electrons. The zero-order valence-corrected chi connectivity index (χ0v) is 30.2. The molecule has 2 fully saturated rings. The minimum atomic E-state index is -0.427. The second-order valence-corrected chi connectivity index (χ2v) is 13.3. The van der Waals surface area contributed by atoms with Crippen LogP contribution < -0.4 is 9.47 Å². The van der Waals surface area contributed by atoms with E-state index in [-0.39, 0.29) is 47.5 Å². The number of hydrogen-bond donors (Lipinski definition) is 0. The van der Waals surface area contributed by atoms with Crippen molar-refractivity contribution in [2.24, 2.45) is 23.7 Å². The zero-order valence-electron chi connectivity index (χ0n) is 30.2. The molecule has 1 aromatic carbocycles. The standard InChI is InChI=1S/C40H54O12/c1-3-35(41)47-25-9-5-7-11-27-49-37(43)29-13-17-31(18-14-29)39(45)51-33-21-23-34(24-22-33)52-40(46)32-19-15-30(16-20-32)38(44)50-28-12-8-6-10-26-48-36(42)4-2/h3-4,21-24,29-32H,1-2,5-20,25-28H2. The summed E-state index contributed by atoms with van der Waals surface area (Å²) >= 11 is 0. The van der Waals surface area contributed by atoms with E-state index in [0.717, 1.165) is 63.5 Å². The van der Waals surface area contributed by atoms with Crippen LogP contribution in [0.5, 0.6) is 11.5 Å². The van der Waals surface area contributed by atoms with Gasteiger partial charge in [0.25, 0.3) is 0 Å². The lowest BCUT2D eigenvalue weighted by molar-refractivity contribution is -0.152. The predicted molar refractivity (Wildman–Crippen MR) is 190 cm³/mol. The fourth-order valence-corrected chi connectivity index (χ4v) is 6.26. The van der Waals surface area contributed by atoms with Gasteiger partial charge >= 0.3 is 35.8 Å². The van der Waals surface area contributed by atoms with Gasteiger partial charge in [0.15, 0.2) is 0 Å². The van der Waals surface area contributed by atoms with Crippen LogP contribution in [0.3, 0.4) is 0 Å². The van der Waals surface area contributed by atoms with Gasteiger partial charge in [0.1, 0.15) is 11.5 Å². The van der Waals surface area contributed by atoms with Gasteiger partial charge in [-0.1, -0.05) is 13.2 Å². The lowest BCUT2D eigenvalue weighted by Gasteiger charge is -2.26. The van der Waals surface area contributed by atoms with Crippen molar-refractivity contribution in [1.29, 1.82) is 0 Å². The normalized spacial score (nSPS) is 19.7. The minimum Gasteiger partial charge on any atom is -0.465 e. The number of benzene rings is 1. The van der Waals surface area contributed by atoms with Crippen molar-refractivity contribution in [2.75, 3.05) is 26.4 Å². The molecular weight excluding hydrogens is 672 g/mol. The topological polar surface area (TPSA) is 158 Å². The van der Waals surface area contributed by atoms with Crippen LogP contribution in [-0.2, 0) is 47.7 Å². The van der Waals surface area contributed by atoms with E-state index >= 15 is 0 Å². The molecule has 12 heteroatoms. The van der Waals surface area contributed by atoms with Gasteiger partial charge in [-0.2, -0.15) is 0 Å². The summed E-state index contributed by atoms with van der Waals surface area (Å²) in [5.74, 6) is -2.39. The van der Waals surface area contributed by atoms with E-state index < -0.39 is 11.9 Å². The van der Waals surface area contributed by atoms with E-state index in [1.54, 1.807) is 24.3 Å². The Labute approximate surface area is 306 Å². The number of unbranched alkanes of at least 4 members (excludes halogenated alkanes) is 6. The molecule has 2 aliphatic rings. The Balaban J connectivity index is 1.24. The maximum absolute atomic E-state index is 12.8. The Hall–Kier alpha value is -4.48. The van der Waals surface area contributed by atoms with E-state index in [1.165, 1.54) is 0 Å². The highest BCUT2D eigenvalue weighted by atomic mass is 16.6. The molecule has 0 radical (unpaired) electrons. The summed E-state index contributed by atoms with van der Waals surface area (Å²) in [7, 11) is 0. The van der Waals surface area contributed by atoms with Gasteiger partial charge in [-0.05, 0) is 127 Å². The number of rotatable bonds is 22. The fourth-order valence-electron chi connectivity index (χ4n) is 6.26. The minimum absolute atomic E-state index is 0.226. The molecule has 0 aliphatic heterocycles. The summed E-state index contributed by atoms with van der Waals surface area (Å²) in [5.41, 5.74) is 0. The van der Waals surface area contributed by atoms with Crippen LogP contribution in [0, 0.1) is 23.7 Å². The van der Waals surface area contributed by atoms with Crippen LogP contribution in [0.2, 0.25) is 0 Å². The predicted octanol–water partition coefficient (Wildman–Crippen LogP) is 6.78. The third-order valence-electron chi connectivity index (χ3n) is 9.44. The largest absolute Gasteiger partial charge is 0.465 e. The number of carbonyl (C=O) groups excluding carboxylic acids is 6. The van der Waals surface area contributed by atoms with E-state index in [1.807, 2.05) is 0 Å². The molecule has 0 heterocycles. The Morgan fingerprint density at radius 1 is 0.442 bits per heavy atom. The van der Waals surface area contributed by atoms with Crippen molar-refractivity contribution >= 4 is 35.8 Å². The number of ether oxygens (including phenoxy) is 6. The van der Waals surface area contributed by atoms with Crippen molar-refractivity contribution in [3.63, 3.8) is 0 Å². The van der Waals surface area contributed by atoms with Crippen molar-refractivity contribution < 1.29 is 57.2 Å². The van der Waals surface area contributed by atoms with Gasteiger partial charge < -0.3 is 28.4 Å². The van der Waals surface area contributed by atoms with Gasteiger partial charge in [0, 0.05) is 12.2 Å². The van der Waals surface area contributed by atoms with Crippen LogP contribution in [0.1, 0.15) is 103 Å². The van der Waals surface area contributed by atoms with Gasteiger partial charge in [-0.3, -0.25) is 19.2 Å². The van der Waals surface area contributed by atoms with Crippen molar-refractivity contribution in [3.05, 3.63) is 49.6 Å². The Morgan fingerprint density at radius 3 is 1.00 bits per heavy atom. The average molecular weight is 727 g/mol. The molecule has 1 aromatic rings. The molecule has 0 saturated heterocycles. The van der Waals surface area contributed by atoms with Crippen LogP contribution >= 0.6 is 0 Å². The number of hydrogen-bond acceptors (Lipinski definition) is 12. The summed E-state index contributed by atoms with van der Waals surface area (Å²) in [6, 6.07) is 6.34. The van der Waals surface area contributed by atoms with E-state index in [9.17, 15) is 28.8 Å². The third kappa shape index (κ3) is 15.8. The highest BCUT2D eigenvalue weighted by molar-refractivity contribution is 5.81. The zero-order chi connectivity index (χ0) is 37.6. The van der Waals surface area contributed by atoms with Crippen LogP contribution in [0.4, 0.5) is 0 Å². The van der Waals surface area contributed by atoms with Crippen molar-refractivity contribution in [3.8, 4) is 11.5 Å². The Bertz CT molecular complexity index is 1220. The monoisotopic (exact) mass is 726 g/mol. The molecule has 2 saturated carbocycles. The maximum atomic E-state index is 12.8. The highest BCUT2D eigenvalue weighted by Gasteiger charge is 2.33. The maximum Gasteiger partial charge on any atom is 0.330 e. The van der Waals surface area contributed by atoms with Gasteiger partial charge in [-0.15, -0.1) is 0 Å². The second kappa shape index (κ2) is 23.9. The lowest BCUT2D eigenvalue weighted by atomic mass is 9.82. The van der Waals surface area contributed by atoms with E-state index in [4.69, 9.17) is 28.4 Å². The van der Waals surface area contributed by atoms with Crippen LogP contribution in [0.25, 0.3) is 0 Å². The molecule has 52 heavy (non-hydrogen) atoms. The summed E-state index contributed by atoms with van der Waals surface area (Å²) in [6.07, 6.45) is 13.1. The second-order valence-electron chi connectivity index (χ2n) is 13.3. The van der Waals surface area contributed by atoms with Crippen LogP contribution in [0.15, 0.2) is 49.6 Å². The first-order valence-electron chi connectivity index (χ1n) is 18.6. The van der Waals surface area contributed by atoms with Crippen molar-refractivity contribution in [2.45, 2.75) is 103 Å². The Kier molecular flexibility index (Phi) is 19.3. The third-order valence-corrected chi connectivity index (χ3v) is 9.44. The first-order valence-corrected chi connectivity index (χ1v) is 18.6. The number of carbonyl (C=O) groups is 6. The molecule has 0 N–H and O–H groups in total. The summed E-state index contributed by atoms with van der Waals surface area (Å²) < 4.78 is 31.9. The molecule has 0 bridgehead atoms. The first-order chi connectivity index (χ1) is 25.2. The SMILES string of the molecule is C=CC(=O)OCCCCCCOC(=O)C1CCC(C(=O)Oc2ccc(OC(=O)C3CCC(C(=O)OCCCCCCOC(=O)C=C)CC3)cc2)CC1. The quantitative estimate of drug-likeness (QED) is 0.0406. The summed E-state index contributed by atoms with van der Waals surface area (Å²) in [4.78, 5) is 72.6. The van der Waals surface area contributed by atoms with E-state index in [0.29, 0.717) is 89.3 Å². The molecule has 2 aliphatic carbocycles. The molecular formula is C40H54O12. The molecule has 0 aromatic heterocycles. The first kappa shape index (κ1) is 41.9. The van der Waals surface area contributed by atoms with Crippen LogP contribution in [-0.4, -0.2) is 62.2 Å². The van der Waals surface area contributed by atoms with Crippen molar-refractivity contribution in [1.82, 2.24) is 0 Å². The molecule has 0 atom stereocenters. The fraction of sp³-hybridized carbons (Fsp3) is 0.600. The summed E-state index contributed by atoms with van der Waals surface area (Å²) in [6.45, 7) is 8.10. The highest BCUT2D eigenvalue weighted by Crippen LogP contribution is 2.33.